The van der Waals surface area contributed by atoms with E-state index >= 15 is 0 Å². The van der Waals surface area contributed by atoms with Crippen LogP contribution in [0.1, 0.15) is 85.0 Å². The van der Waals surface area contributed by atoms with Crippen LogP contribution in [0.15, 0.2) is 0 Å². The van der Waals surface area contributed by atoms with E-state index in [1.807, 2.05) is 0 Å². The van der Waals surface area contributed by atoms with Crippen molar-refractivity contribution in [3.8, 4) is 0 Å². The molecule has 1 fully saturated rings. The van der Waals surface area contributed by atoms with Gasteiger partial charge in [-0.15, -0.1) is 0 Å². The summed E-state index contributed by atoms with van der Waals surface area (Å²) in [6.07, 6.45) is 14.9. The third-order valence-electron chi connectivity index (χ3n) is 3.54. The summed E-state index contributed by atoms with van der Waals surface area (Å²) in [4.78, 5) is 9.82. The maximum Gasteiger partial charge on any atom is 0.302 e. The first-order valence-electron chi connectivity index (χ1n) is 7.84. The number of esters is 1. The quantitative estimate of drug-likeness (QED) is 0.488. The third kappa shape index (κ3) is 11.9. The number of carbonyl (C=O) groups is 1. The number of carbonyl (C=O) groups excluding carboxylic acids is 1. The molecule has 1 rings (SSSR count). The average Bonchev–Trinajstić information content (AvgIpc) is 2.37. The predicted molar refractivity (Wildman–Crippen MR) is 77.6 cm³/mol. The molecule has 108 valence electrons. The number of ether oxygens (including phenoxy) is 1. The molecule has 0 N–H and O–H groups in total. The summed E-state index contributed by atoms with van der Waals surface area (Å²) in [7, 11) is 0. The van der Waals surface area contributed by atoms with Crippen molar-refractivity contribution in [1.82, 2.24) is 0 Å². The molecule has 1 saturated carbocycles. The maximum atomic E-state index is 9.82. The van der Waals surface area contributed by atoms with E-state index < -0.39 is 0 Å². The average molecular weight is 256 g/mol. The van der Waals surface area contributed by atoms with E-state index in [-0.39, 0.29) is 5.97 Å². The van der Waals surface area contributed by atoms with Crippen LogP contribution < -0.4 is 0 Å². The van der Waals surface area contributed by atoms with Crippen molar-refractivity contribution >= 4 is 5.97 Å². The van der Waals surface area contributed by atoms with Gasteiger partial charge in [-0.25, -0.2) is 0 Å². The molecule has 0 spiro atoms. The van der Waals surface area contributed by atoms with Gasteiger partial charge in [-0.2, -0.15) is 0 Å². The van der Waals surface area contributed by atoms with Gasteiger partial charge in [0.2, 0.25) is 0 Å². The van der Waals surface area contributed by atoms with Crippen LogP contribution in [-0.4, -0.2) is 12.6 Å². The molecule has 2 nitrogen and oxygen atoms in total. The van der Waals surface area contributed by atoms with E-state index in [0.29, 0.717) is 6.61 Å². The fourth-order valence-electron chi connectivity index (χ4n) is 2.54. The lowest BCUT2D eigenvalue weighted by atomic mass is 9.85. The van der Waals surface area contributed by atoms with Gasteiger partial charge in [-0.05, 0) is 12.8 Å². The Labute approximate surface area is 113 Å². The van der Waals surface area contributed by atoms with Crippen molar-refractivity contribution < 1.29 is 9.53 Å². The zero-order valence-electron chi connectivity index (χ0n) is 12.7. The van der Waals surface area contributed by atoms with Gasteiger partial charge in [0.25, 0.3) is 0 Å². The standard InChI is InChI=1S/C12H24.C4H8O2/c1-2-3-4-6-9-12-10-7-5-8-11-12;1-3-6-4(2)5/h12H,2-11H2,1H3;3H2,1-2H3. The topological polar surface area (TPSA) is 26.3 Å². The molecule has 0 saturated heterocycles. The predicted octanol–water partition coefficient (Wildman–Crippen LogP) is 5.11. The van der Waals surface area contributed by atoms with E-state index in [1.54, 1.807) is 6.92 Å². The fourth-order valence-corrected chi connectivity index (χ4v) is 2.54. The third-order valence-corrected chi connectivity index (χ3v) is 3.54. The van der Waals surface area contributed by atoms with Gasteiger partial charge in [-0.3, -0.25) is 4.79 Å². The van der Waals surface area contributed by atoms with Crippen LogP contribution in [-0.2, 0) is 9.53 Å². The van der Waals surface area contributed by atoms with Gasteiger partial charge in [0.1, 0.15) is 0 Å². The summed E-state index contributed by atoms with van der Waals surface area (Å²) in [6.45, 7) is 5.95. The number of hydrogen-bond donors (Lipinski definition) is 0. The summed E-state index contributed by atoms with van der Waals surface area (Å²) in [5, 5.41) is 0. The number of rotatable bonds is 6. The summed E-state index contributed by atoms with van der Waals surface area (Å²) in [5.41, 5.74) is 0. The largest absolute Gasteiger partial charge is 0.466 e. The monoisotopic (exact) mass is 256 g/mol. The Kier molecular flexibility index (Phi) is 12.5. The van der Waals surface area contributed by atoms with Gasteiger partial charge in [0, 0.05) is 6.92 Å². The first kappa shape index (κ1) is 17.5. The van der Waals surface area contributed by atoms with E-state index in [2.05, 4.69) is 11.7 Å². The highest BCUT2D eigenvalue weighted by atomic mass is 16.5. The van der Waals surface area contributed by atoms with Crippen molar-refractivity contribution in [3.63, 3.8) is 0 Å². The molecule has 1 aliphatic carbocycles. The first-order chi connectivity index (χ1) is 8.70. The first-order valence-corrected chi connectivity index (χ1v) is 7.84. The van der Waals surface area contributed by atoms with Gasteiger partial charge < -0.3 is 4.74 Å². The van der Waals surface area contributed by atoms with Crippen LogP contribution in [0.4, 0.5) is 0 Å². The molecule has 0 bridgehead atoms. The van der Waals surface area contributed by atoms with E-state index in [9.17, 15) is 4.79 Å². The molecule has 0 aromatic heterocycles. The maximum absolute atomic E-state index is 9.82. The lowest BCUT2D eigenvalue weighted by molar-refractivity contribution is -0.140. The van der Waals surface area contributed by atoms with E-state index in [4.69, 9.17) is 0 Å². The van der Waals surface area contributed by atoms with E-state index in [0.717, 1.165) is 5.92 Å². The Morgan fingerprint density at radius 3 is 2.17 bits per heavy atom. The lowest BCUT2D eigenvalue weighted by Crippen LogP contribution is -2.05. The van der Waals surface area contributed by atoms with Crippen molar-refractivity contribution in [2.45, 2.75) is 85.0 Å². The van der Waals surface area contributed by atoms with Crippen molar-refractivity contribution in [2.75, 3.05) is 6.61 Å². The lowest BCUT2D eigenvalue weighted by Gasteiger charge is -2.21. The van der Waals surface area contributed by atoms with Crippen molar-refractivity contribution in [1.29, 1.82) is 0 Å². The Morgan fingerprint density at radius 2 is 1.72 bits per heavy atom. The molecule has 0 aromatic carbocycles. The SMILES string of the molecule is CCCCCCC1CCCCC1.CCOC(C)=O. The molecular weight excluding hydrogens is 224 g/mol. The second kappa shape index (κ2) is 12.9. The molecule has 0 amide bonds. The Bertz CT molecular complexity index is 184. The molecule has 1 aliphatic rings. The molecule has 0 heterocycles. The molecule has 18 heavy (non-hydrogen) atoms. The minimum atomic E-state index is -0.211. The van der Waals surface area contributed by atoms with Gasteiger partial charge in [0.05, 0.1) is 6.61 Å². The van der Waals surface area contributed by atoms with Gasteiger partial charge >= 0.3 is 5.97 Å². The summed E-state index contributed by atoms with van der Waals surface area (Å²) in [5.74, 6) is 0.896. The Morgan fingerprint density at radius 1 is 1.06 bits per heavy atom. The second-order valence-corrected chi connectivity index (χ2v) is 5.28. The molecule has 0 aliphatic heterocycles. The van der Waals surface area contributed by atoms with Crippen molar-refractivity contribution in [2.24, 2.45) is 5.92 Å². The van der Waals surface area contributed by atoms with Gasteiger partial charge in [-0.1, -0.05) is 71.1 Å². The Balaban J connectivity index is 0.000000411. The minimum absolute atomic E-state index is 0.211. The van der Waals surface area contributed by atoms with E-state index in [1.165, 1.54) is 71.1 Å². The molecule has 0 radical (unpaired) electrons. The second-order valence-electron chi connectivity index (χ2n) is 5.28. The Hall–Kier alpha value is -0.530. The fraction of sp³-hybridized carbons (Fsp3) is 0.938. The zero-order valence-corrected chi connectivity index (χ0v) is 12.7. The van der Waals surface area contributed by atoms with Gasteiger partial charge in [0.15, 0.2) is 0 Å². The number of unbranched alkanes of at least 4 members (excludes halogenated alkanes) is 3. The van der Waals surface area contributed by atoms with Crippen LogP contribution in [0.3, 0.4) is 0 Å². The van der Waals surface area contributed by atoms with Crippen LogP contribution >= 0.6 is 0 Å². The van der Waals surface area contributed by atoms with Crippen LogP contribution in [0.5, 0.6) is 0 Å². The van der Waals surface area contributed by atoms with Crippen LogP contribution in [0, 0.1) is 5.92 Å². The summed E-state index contributed by atoms with van der Waals surface area (Å²) in [6, 6.07) is 0. The zero-order chi connectivity index (χ0) is 13.6. The van der Waals surface area contributed by atoms with Crippen LogP contribution in [0.25, 0.3) is 0 Å². The minimum Gasteiger partial charge on any atom is -0.466 e. The highest BCUT2D eigenvalue weighted by molar-refractivity contribution is 5.65. The van der Waals surface area contributed by atoms with Crippen LogP contribution in [0.2, 0.25) is 0 Å². The smallest absolute Gasteiger partial charge is 0.302 e. The molecule has 2 heteroatoms. The molecule has 0 unspecified atom stereocenters. The molecule has 0 aromatic rings. The highest BCUT2D eigenvalue weighted by Gasteiger charge is 2.11. The molecular formula is C16H32O2. The van der Waals surface area contributed by atoms with Crippen molar-refractivity contribution in [3.05, 3.63) is 0 Å². The summed E-state index contributed by atoms with van der Waals surface area (Å²) < 4.78 is 4.40. The molecule has 0 atom stereocenters. The number of hydrogen-bond acceptors (Lipinski definition) is 2. The normalized spacial score (nSPS) is 15.7. The highest BCUT2D eigenvalue weighted by Crippen LogP contribution is 2.27. The summed E-state index contributed by atoms with van der Waals surface area (Å²) >= 11 is 0.